The number of carbonyl (C=O) groups is 1. The van der Waals surface area contributed by atoms with Crippen LogP contribution in [-0.2, 0) is 18.0 Å². The number of nitrogens with zero attached hydrogens (tertiary/aromatic N) is 5. The summed E-state index contributed by atoms with van der Waals surface area (Å²) in [6.07, 6.45) is 2.81. The third-order valence-corrected chi connectivity index (χ3v) is 5.67. The quantitative estimate of drug-likeness (QED) is 0.330. The predicted octanol–water partition coefficient (Wildman–Crippen LogP) is 5.05. The Labute approximate surface area is 205 Å². The van der Waals surface area contributed by atoms with Gasteiger partial charge in [-0.05, 0) is 31.0 Å². The van der Waals surface area contributed by atoms with Gasteiger partial charge in [0.15, 0.2) is 0 Å². The van der Waals surface area contributed by atoms with E-state index < -0.39 is 17.7 Å². The maximum absolute atomic E-state index is 13.1. The van der Waals surface area contributed by atoms with Gasteiger partial charge >= 0.3 is 6.18 Å². The van der Waals surface area contributed by atoms with Gasteiger partial charge in [0.2, 0.25) is 5.95 Å². The second-order valence-corrected chi connectivity index (χ2v) is 8.32. The summed E-state index contributed by atoms with van der Waals surface area (Å²) in [5.41, 5.74) is 3.32. The van der Waals surface area contributed by atoms with E-state index in [9.17, 15) is 18.0 Å². The minimum atomic E-state index is -4.50. The van der Waals surface area contributed by atoms with Crippen molar-refractivity contribution in [2.75, 3.05) is 17.2 Å². The lowest BCUT2D eigenvalue weighted by Crippen LogP contribution is -2.15. The minimum absolute atomic E-state index is 0.101. The van der Waals surface area contributed by atoms with E-state index in [1.165, 1.54) is 13.1 Å². The zero-order chi connectivity index (χ0) is 25.9. The van der Waals surface area contributed by atoms with Crippen molar-refractivity contribution in [1.29, 1.82) is 0 Å². The van der Waals surface area contributed by atoms with Crippen molar-refractivity contribution in [3.8, 4) is 11.1 Å². The van der Waals surface area contributed by atoms with Gasteiger partial charge in [0.25, 0.3) is 0 Å². The fourth-order valence-electron chi connectivity index (χ4n) is 3.70. The minimum Gasteiger partial charge on any atom is -0.383 e. The SMILES string of the molecule is Cc1nn(C)cc1Nc1ncc(-c2ccc(C(C=O)CNc3cnc(C)c(C(F)(F)F)c3)cc2)cn1. The fourth-order valence-corrected chi connectivity index (χ4v) is 3.70. The smallest absolute Gasteiger partial charge is 0.383 e. The Balaban J connectivity index is 1.42. The highest BCUT2D eigenvalue weighted by Crippen LogP contribution is 2.32. The summed E-state index contributed by atoms with van der Waals surface area (Å²) in [7, 11) is 1.83. The maximum atomic E-state index is 13.1. The summed E-state index contributed by atoms with van der Waals surface area (Å²) in [4.78, 5) is 24.2. The van der Waals surface area contributed by atoms with Crippen molar-refractivity contribution in [1.82, 2.24) is 24.7 Å². The molecule has 11 heteroatoms. The molecular weight excluding hydrogens is 471 g/mol. The van der Waals surface area contributed by atoms with Crippen molar-refractivity contribution < 1.29 is 18.0 Å². The van der Waals surface area contributed by atoms with Crippen LogP contribution in [0.3, 0.4) is 0 Å². The summed E-state index contributed by atoms with van der Waals surface area (Å²) in [5.74, 6) is -0.113. The molecule has 8 nitrogen and oxygen atoms in total. The van der Waals surface area contributed by atoms with Crippen molar-refractivity contribution in [3.63, 3.8) is 0 Å². The first-order valence-corrected chi connectivity index (χ1v) is 11.1. The van der Waals surface area contributed by atoms with Crippen LogP contribution in [0.15, 0.2) is 55.1 Å². The van der Waals surface area contributed by atoms with Crippen LogP contribution in [0.4, 0.5) is 30.5 Å². The van der Waals surface area contributed by atoms with Gasteiger partial charge in [0, 0.05) is 43.4 Å². The van der Waals surface area contributed by atoms with Gasteiger partial charge in [0.1, 0.15) is 6.29 Å². The normalized spacial score (nSPS) is 12.3. The van der Waals surface area contributed by atoms with Gasteiger partial charge in [0.05, 0.1) is 34.7 Å². The number of aryl methyl sites for hydroxylation is 3. The molecule has 0 fully saturated rings. The van der Waals surface area contributed by atoms with Gasteiger partial charge in [-0.25, -0.2) is 9.97 Å². The molecule has 0 aliphatic heterocycles. The molecule has 0 aliphatic carbocycles. The molecule has 3 aromatic heterocycles. The molecule has 1 unspecified atom stereocenters. The van der Waals surface area contributed by atoms with Gasteiger partial charge in [-0.2, -0.15) is 18.3 Å². The molecule has 186 valence electrons. The van der Waals surface area contributed by atoms with Gasteiger partial charge < -0.3 is 15.4 Å². The summed E-state index contributed by atoms with van der Waals surface area (Å²) in [6, 6.07) is 8.29. The number of halogens is 3. The molecule has 0 spiro atoms. The number of nitrogens with one attached hydrogen (secondary N) is 2. The molecule has 4 aromatic rings. The third kappa shape index (κ3) is 5.68. The molecule has 3 heterocycles. The Bertz CT molecular complexity index is 1350. The van der Waals surface area contributed by atoms with E-state index in [-0.39, 0.29) is 17.9 Å². The number of rotatable bonds is 8. The van der Waals surface area contributed by atoms with Crippen LogP contribution >= 0.6 is 0 Å². The lowest BCUT2D eigenvalue weighted by Gasteiger charge is -2.16. The van der Waals surface area contributed by atoms with Gasteiger partial charge in [-0.15, -0.1) is 0 Å². The van der Waals surface area contributed by atoms with E-state index in [1.54, 1.807) is 29.2 Å². The Morgan fingerprint density at radius 2 is 1.69 bits per heavy atom. The van der Waals surface area contributed by atoms with Crippen LogP contribution < -0.4 is 10.6 Å². The van der Waals surface area contributed by atoms with Crippen LogP contribution in [0, 0.1) is 13.8 Å². The van der Waals surface area contributed by atoms with Crippen molar-refractivity contribution >= 4 is 23.6 Å². The third-order valence-electron chi connectivity index (χ3n) is 5.67. The van der Waals surface area contributed by atoms with E-state index in [4.69, 9.17) is 0 Å². The second-order valence-electron chi connectivity index (χ2n) is 8.32. The van der Waals surface area contributed by atoms with Crippen molar-refractivity contribution in [2.45, 2.75) is 25.9 Å². The molecule has 0 aliphatic rings. The zero-order valence-electron chi connectivity index (χ0n) is 19.8. The molecule has 1 atom stereocenters. The monoisotopic (exact) mass is 495 g/mol. The average Bonchev–Trinajstić information content (AvgIpc) is 3.17. The first kappa shape index (κ1) is 24.8. The van der Waals surface area contributed by atoms with E-state index in [0.29, 0.717) is 5.95 Å². The molecule has 1 aromatic carbocycles. The van der Waals surface area contributed by atoms with Crippen LogP contribution in [0.2, 0.25) is 0 Å². The molecule has 2 N–H and O–H groups in total. The Morgan fingerprint density at radius 1 is 1.00 bits per heavy atom. The van der Waals surface area contributed by atoms with E-state index in [1.807, 2.05) is 32.3 Å². The average molecular weight is 496 g/mol. The highest BCUT2D eigenvalue weighted by Gasteiger charge is 2.33. The lowest BCUT2D eigenvalue weighted by molar-refractivity contribution is -0.138. The van der Waals surface area contributed by atoms with E-state index in [2.05, 4.69) is 30.7 Å². The number of hydrogen-bond acceptors (Lipinski definition) is 7. The number of aromatic nitrogens is 5. The predicted molar refractivity (Wildman–Crippen MR) is 130 cm³/mol. The van der Waals surface area contributed by atoms with Gasteiger partial charge in [-0.1, -0.05) is 24.3 Å². The molecule has 0 saturated heterocycles. The van der Waals surface area contributed by atoms with E-state index >= 15 is 0 Å². The molecule has 0 bridgehead atoms. The standard InChI is InChI=1S/C25H24F3N7O/c1-15-22(25(26,27)28)8-21(12-29-15)30-11-20(14-36)18-6-4-17(5-7-18)19-9-31-24(32-10-19)33-23-13-35(3)34-16(23)2/h4-10,12-14,20,30H,11H2,1-3H3,(H,31,32,33). The highest BCUT2D eigenvalue weighted by atomic mass is 19.4. The first-order valence-electron chi connectivity index (χ1n) is 11.1. The Morgan fingerprint density at radius 3 is 2.28 bits per heavy atom. The maximum Gasteiger partial charge on any atom is 0.418 e. The molecule has 36 heavy (non-hydrogen) atoms. The molecule has 4 rings (SSSR count). The number of alkyl halides is 3. The number of pyridine rings is 1. The highest BCUT2D eigenvalue weighted by molar-refractivity contribution is 5.67. The fraction of sp³-hybridized carbons (Fsp3) is 0.240. The lowest BCUT2D eigenvalue weighted by atomic mass is 9.98. The van der Waals surface area contributed by atoms with Crippen LogP contribution in [0.25, 0.3) is 11.1 Å². The number of anilines is 3. The molecule has 0 radical (unpaired) electrons. The van der Waals surface area contributed by atoms with Crippen molar-refractivity contribution in [2.24, 2.45) is 7.05 Å². The van der Waals surface area contributed by atoms with Crippen molar-refractivity contribution in [3.05, 3.63) is 77.6 Å². The first-order chi connectivity index (χ1) is 17.1. The summed E-state index contributed by atoms with van der Waals surface area (Å²) in [5, 5.41) is 10.3. The summed E-state index contributed by atoms with van der Waals surface area (Å²) >= 11 is 0. The summed E-state index contributed by atoms with van der Waals surface area (Å²) in [6.45, 7) is 3.32. The zero-order valence-corrected chi connectivity index (χ0v) is 19.8. The molecule has 0 saturated carbocycles. The Hall–Kier alpha value is -4.28. The Kier molecular flexibility index (Phi) is 7.00. The largest absolute Gasteiger partial charge is 0.418 e. The van der Waals surface area contributed by atoms with Crippen LogP contribution in [0.1, 0.15) is 28.4 Å². The number of hydrogen-bond donors (Lipinski definition) is 2. The molecular formula is C25H24F3N7O. The van der Waals surface area contributed by atoms with Gasteiger partial charge in [-0.3, -0.25) is 9.67 Å². The number of aldehydes is 1. The summed E-state index contributed by atoms with van der Waals surface area (Å²) < 4.78 is 41.1. The topological polar surface area (TPSA) is 97.6 Å². The molecule has 0 amide bonds. The second kappa shape index (κ2) is 10.1. The number of carbonyl (C=O) groups excluding carboxylic acids is 1. The van der Waals surface area contributed by atoms with Crippen LogP contribution in [0.5, 0.6) is 0 Å². The number of benzene rings is 1. The van der Waals surface area contributed by atoms with E-state index in [0.717, 1.165) is 40.4 Å². The van der Waals surface area contributed by atoms with Crippen LogP contribution in [-0.4, -0.2) is 37.6 Å².